The molecule has 0 bridgehead atoms. The smallest absolute Gasteiger partial charge is 0.239 e. The maximum Gasteiger partial charge on any atom is 0.239 e. The third-order valence-corrected chi connectivity index (χ3v) is 7.68. The van der Waals surface area contributed by atoms with E-state index in [4.69, 9.17) is 19.7 Å². The van der Waals surface area contributed by atoms with E-state index in [2.05, 4.69) is 52.3 Å². The molecule has 214 valence electrons. The van der Waals surface area contributed by atoms with Crippen molar-refractivity contribution in [3.63, 3.8) is 0 Å². The van der Waals surface area contributed by atoms with E-state index in [9.17, 15) is 0 Å². The standard InChI is InChI=1S/C39H27N5O/c1-5-15-28(16-6-1)37-40-38(29-17-7-2-8-18-29)42-39(41-37)44-33-23-13-14-24-35(33)45-36-27-32(25-26-34(36)44)43(30-19-9-3-10-20-30)31-21-11-4-12-22-31/h1-27H. The minimum absolute atomic E-state index is 0.510. The highest BCUT2D eigenvalue weighted by molar-refractivity contribution is 5.87. The van der Waals surface area contributed by atoms with Crippen molar-refractivity contribution < 1.29 is 4.74 Å². The second-order valence-electron chi connectivity index (χ2n) is 10.6. The van der Waals surface area contributed by atoms with Gasteiger partial charge in [0.15, 0.2) is 23.1 Å². The summed E-state index contributed by atoms with van der Waals surface area (Å²) >= 11 is 0. The zero-order valence-corrected chi connectivity index (χ0v) is 24.2. The van der Waals surface area contributed by atoms with Crippen molar-refractivity contribution in [3.8, 4) is 34.3 Å². The summed E-state index contributed by atoms with van der Waals surface area (Å²) in [7, 11) is 0. The van der Waals surface area contributed by atoms with Crippen LogP contribution in [0.5, 0.6) is 11.5 Å². The molecule has 0 fully saturated rings. The van der Waals surface area contributed by atoms with Crippen molar-refractivity contribution in [1.29, 1.82) is 0 Å². The van der Waals surface area contributed by atoms with Gasteiger partial charge in [-0.1, -0.05) is 109 Å². The fraction of sp³-hybridized carbons (Fsp3) is 0. The fourth-order valence-corrected chi connectivity index (χ4v) is 5.60. The van der Waals surface area contributed by atoms with Gasteiger partial charge in [-0.05, 0) is 48.5 Å². The van der Waals surface area contributed by atoms with E-state index >= 15 is 0 Å². The number of nitrogens with zero attached hydrogens (tertiary/aromatic N) is 5. The topological polar surface area (TPSA) is 54.4 Å². The van der Waals surface area contributed by atoms with E-state index in [1.165, 1.54) is 0 Å². The lowest BCUT2D eigenvalue weighted by Crippen LogP contribution is -2.20. The number of aromatic nitrogens is 3. The molecule has 6 heteroatoms. The van der Waals surface area contributed by atoms with E-state index in [0.717, 1.165) is 45.3 Å². The van der Waals surface area contributed by atoms with Crippen molar-refractivity contribution >= 4 is 34.4 Å². The van der Waals surface area contributed by atoms with Crippen LogP contribution in [0.4, 0.5) is 34.4 Å². The summed E-state index contributed by atoms with van der Waals surface area (Å²) in [6, 6.07) is 54.9. The van der Waals surface area contributed by atoms with E-state index in [-0.39, 0.29) is 0 Å². The molecule has 1 aliphatic rings. The summed E-state index contributed by atoms with van der Waals surface area (Å²) in [4.78, 5) is 19.3. The van der Waals surface area contributed by atoms with Gasteiger partial charge in [0.05, 0.1) is 11.4 Å². The molecule has 0 atom stereocenters. The van der Waals surface area contributed by atoms with E-state index in [0.29, 0.717) is 23.3 Å². The highest BCUT2D eigenvalue weighted by Crippen LogP contribution is 2.51. The molecule has 0 saturated heterocycles. The molecule has 2 heterocycles. The third kappa shape index (κ3) is 5.04. The van der Waals surface area contributed by atoms with Crippen LogP contribution in [0.2, 0.25) is 0 Å². The molecule has 0 radical (unpaired) electrons. The van der Waals surface area contributed by atoms with E-state index < -0.39 is 0 Å². The molecule has 1 aliphatic heterocycles. The average Bonchev–Trinajstić information content (AvgIpc) is 3.12. The van der Waals surface area contributed by atoms with Gasteiger partial charge in [0, 0.05) is 34.3 Å². The summed E-state index contributed by atoms with van der Waals surface area (Å²) < 4.78 is 6.58. The summed E-state index contributed by atoms with van der Waals surface area (Å²) in [5.41, 5.74) is 6.58. The third-order valence-electron chi connectivity index (χ3n) is 7.68. The number of fused-ring (bicyclic) bond motifs is 2. The number of para-hydroxylation sites is 4. The van der Waals surface area contributed by atoms with Crippen LogP contribution in [0, 0.1) is 0 Å². The minimum Gasteiger partial charge on any atom is -0.453 e. The number of ether oxygens (including phenoxy) is 1. The Morgan fingerprint density at radius 1 is 0.422 bits per heavy atom. The lowest BCUT2D eigenvalue weighted by Gasteiger charge is -2.33. The summed E-state index contributed by atoms with van der Waals surface area (Å²) in [6.45, 7) is 0. The fourth-order valence-electron chi connectivity index (χ4n) is 5.60. The number of rotatable bonds is 6. The highest BCUT2D eigenvalue weighted by atomic mass is 16.5. The average molecular weight is 582 g/mol. The van der Waals surface area contributed by atoms with Crippen molar-refractivity contribution in [3.05, 3.63) is 164 Å². The first kappa shape index (κ1) is 26.4. The van der Waals surface area contributed by atoms with Crippen molar-refractivity contribution in [2.45, 2.75) is 0 Å². The van der Waals surface area contributed by atoms with Crippen molar-refractivity contribution in [2.24, 2.45) is 0 Å². The van der Waals surface area contributed by atoms with Gasteiger partial charge in [-0.25, -0.2) is 4.98 Å². The van der Waals surface area contributed by atoms with Crippen LogP contribution >= 0.6 is 0 Å². The first-order chi connectivity index (χ1) is 22.3. The molecule has 45 heavy (non-hydrogen) atoms. The van der Waals surface area contributed by atoms with Crippen LogP contribution in [0.25, 0.3) is 22.8 Å². The molecule has 0 amide bonds. The Hall–Kier alpha value is -6.27. The lowest BCUT2D eigenvalue weighted by molar-refractivity contribution is 0.476. The van der Waals surface area contributed by atoms with Gasteiger partial charge in [0.1, 0.15) is 0 Å². The first-order valence-corrected chi connectivity index (χ1v) is 14.8. The Bertz CT molecular complexity index is 1990. The molecule has 8 rings (SSSR count). The molecule has 0 spiro atoms. The van der Waals surface area contributed by atoms with Gasteiger partial charge in [0.25, 0.3) is 0 Å². The van der Waals surface area contributed by atoms with Gasteiger partial charge < -0.3 is 9.64 Å². The zero-order valence-electron chi connectivity index (χ0n) is 24.2. The van der Waals surface area contributed by atoms with Crippen LogP contribution < -0.4 is 14.5 Å². The molecule has 6 aromatic carbocycles. The van der Waals surface area contributed by atoms with Gasteiger partial charge in [-0.15, -0.1) is 0 Å². The first-order valence-electron chi connectivity index (χ1n) is 14.8. The molecule has 0 aliphatic carbocycles. The second-order valence-corrected chi connectivity index (χ2v) is 10.6. The molecule has 1 aromatic heterocycles. The van der Waals surface area contributed by atoms with Gasteiger partial charge in [0.2, 0.25) is 5.95 Å². The zero-order chi connectivity index (χ0) is 30.0. The van der Waals surface area contributed by atoms with Crippen LogP contribution in [0.1, 0.15) is 0 Å². The van der Waals surface area contributed by atoms with Gasteiger partial charge in [-0.3, -0.25) is 4.90 Å². The minimum atomic E-state index is 0.510. The molecule has 7 aromatic rings. The Balaban J connectivity index is 1.31. The van der Waals surface area contributed by atoms with E-state index in [1.807, 2.05) is 121 Å². The monoisotopic (exact) mass is 581 g/mol. The predicted molar refractivity (Wildman–Crippen MR) is 180 cm³/mol. The summed E-state index contributed by atoms with van der Waals surface area (Å²) in [5, 5.41) is 0. The van der Waals surface area contributed by atoms with Crippen LogP contribution in [0.3, 0.4) is 0 Å². The molecular formula is C39H27N5O. The highest BCUT2D eigenvalue weighted by Gasteiger charge is 2.29. The number of benzene rings is 6. The molecule has 0 unspecified atom stereocenters. The number of hydrogen-bond donors (Lipinski definition) is 0. The van der Waals surface area contributed by atoms with Gasteiger partial charge >= 0.3 is 0 Å². The van der Waals surface area contributed by atoms with Gasteiger partial charge in [-0.2, -0.15) is 9.97 Å². The van der Waals surface area contributed by atoms with Crippen LogP contribution in [-0.4, -0.2) is 15.0 Å². The van der Waals surface area contributed by atoms with Crippen molar-refractivity contribution in [2.75, 3.05) is 9.80 Å². The second kappa shape index (κ2) is 11.4. The van der Waals surface area contributed by atoms with Crippen molar-refractivity contribution in [1.82, 2.24) is 15.0 Å². The Labute approximate surface area is 261 Å². The Morgan fingerprint density at radius 3 is 1.49 bits per heavy atom. The molecule has 0 N–H and O–H groups in total. The SMILES string of the molecule is c1ccc(-c2nc(-c3ccccc3)nc(N3c4ccccc4Oc4cc(N(c5ccccc5)c5ccccc5)ccc43)n2)cc1. The summed E-state index contributed by atoms with van der Waals surface area (Å²) in [5.74, 6) is 3.12. The lowest BCUT2D eigenvalue weighted by atomic mass is 10.1. The Morgan fingerprint density at radius 2 is 0.911 bits per heavy atom. The quantitative estimate of drug-likeness (QED) is 0.195. The predicted octanol–water partition coefficient (Wildman–Crippen LogP) is 10.3. The largest absolute Gasteiger partial charge is 0.453 e. The Kier molecular flexibility index (Phi) is 6.70. The van der Waals surface area contributed by atoms with Crippen LogP contribution in [0.15, 0.2) is 164 Å². The van der Waals surface area contributed by atoms with E-state index in [1.54, 1.807) is 0 Å². The maximum atomic E-state index is 6.58. The normalized spacial score (nSPS) is 11.7. The number of anilines is 6. The summed E-state index contributed by atoms with van der Waals surface area (Å²) in [6.07, 6.45) is 0. The maximum absolute atomic E-state index is 6.58. The molecular weight excluding hydrogens is 554 g/mol. The molecule has 6 nitrogen and oxygen atoms in total. The number of hydrogen-bond acceptors (Lipinski definition) is 6. The van der Waals surface area contributed by atoms with Crippen LogP contribution in [-0.2, 0) is 0 Å². The molecule has 0 saturated carbocycles.